The number of aromatic nitrogens is 1. The summed E-state index contributed by atoms with van der Waals surface area (Å²) in [5.74, 6) is -0.379. The number of aromatic amines is 1. The van der Waals surface area contributed by atoms with E-state index in [2.05, 4.69) is 24.1 Å². The summed E-state index contributed by atoms with van der Waals surface area (Å²) in [7, 11) is 0. The van der Waals surface area contributed by atoms with E-state index in [0.29, 0.717) is 29.1 Å². The molecule has 0 saturated heterocycles. The maximum Gasteiger partial charge on any atom is 0.340 e. The molecule has 5 heteroatoms. The predicted octanol–water partition coefficient (Wildman–Crippen LogP) is 4.49. The summed E-state index contributed by atoms with van der Waals surface area (Å²) in [6.07, 6.45) is 0. The molecule has 5 nitrogen and oxygen atoms in total. The van der Waals surface area contributed by atoms with Crippen molar-refractivity contribution in [2.45, 2.75) is 47.5 Å². The second kappa shape index (κ2) is 7.55. The molecule has 0 saturated carbocycles. The molecule has 1 aromatic carbocycles. The van der Waals surface area contributed by atoms with Crippen LogP contribution in [0.1, 0.15) is 69.9 Å². The van der Waals surface area contributed by atoms with E-state index in [1.807, 2.05) is 25.1 Å². The van der Waals surface area contributed by atoms with Gasteiger partial charge in [-0.25, -0.2) is 4.79 Å². The van der Waals surface area contributed by atoms with E-state index in [-0.39, 0.29) is 11.8 Å². The van der Waals surface area contributed by atoms with E-state index >= 15 is 0 Å². The Kier molecular flexibility index (Phi) is 5.67. The highest BCUT2D eigenvalue weighted by Crippen LogP contribution is 2.28. The fraction of sp³-hybridized carbons (Fsp3) is 0.400. The fourth-order valence-corrected chi connectivity index (χ4v) is 3.00. The zero-order valence-corrected chi connectivity index (χ0v) is 15.7. The molecule has 0 bridgehead atoms. The molecule has 0 unspecified atom stereocenters. The Morgan fingerprint density at radius 2 is 1.88 bits per heavy atom. The van der Waals surface area contributed by atoms with Gasteiger partial charge in [-0.3, -0.25) is 4.79 Å². The van der Waals surface area contributed by atoms with Crippen molar-refractivity contribution >= 4 is 17.6 Å². The number of nitrogens with one attached hydrogen (secondary N) is 2. The van der Waals surface area contributed by atoms with Gasteiger partial charge in [-0.1, -0.05) is 32.0 Å². The molecular formula is C20H26N2O3. The third-order valence-electron chi connectivity index (χ3n) is 4.31. The van der Waals surface area contributed by atoms with Crippen molar-refractivity contribution in [3.8, 4) is 0 Å². The Bertz CT molecular complexity index is 804. The topological polar surface area (TPSA) is 71.2 Å². The molecule has 1 heterocycles. The van der Waals surface area contributed by atoms with Gasteiger partial charge in [0.1, 0.15) is 5.69 Å². The van der Waals surface area contributed by atoms with Crippen LogP contribution in [-0.4, -0.2) is 23.5 Å². The molecule has 0 aliphatic rings. The summed E-state index contributed by atoms with van der Waals surface area (Å²) in [4.78, 5) is 27.9. The molecule has 2 aromatic rings. The molecule has 0 radical (unpaired) electrons. The SMILES string of the molecule is CCOC(=O)c1c(C)[nH]c(C(=O)Nc2c(C)cccc2C(C)C)c1C. The van der Waals surface area contributed by atoms with Crippen LogP contribution in [0.15, 0.2) is 18.2 Å². The minimum Gasteiger partial charge on any atom is -0.462 e. The molecule has 0 aliphatic heterocycles. The number of anilines is 1. The van der Waals surface area contributed by atoms with Crippen LogP contribution in [0.5, 0.6) is 0 Å². The molecule has 0 fully saturated rings. The van der Waals surface area contributed by atoms with Crippen molar-refractivity contribution in [1.29, 1.82) is 0 Å². The van der Waals surface area contributed by atoms with Crippen molar-refractivity contribution in [2.75, 3.05) is 11.9 Å². The van der Waals surface area contributed by atoms with Crippen LogP contribution < -0.4 is 5.32 Å². The maximum absolute atomic E-state index is 12.8. The summed E-state index contributed by atoms with van der Waals surface area (Å²) in [6, 6.07) is 5.98. The van der Waals surface area contributed by atoms with Gasteiger partial charge in [-0.05, 0) is 50.3 Å². The van der Waals surface area contributed by atoms with Crippen LogP contribution in [0, 0.1) is 20.8 Å². The fourth-order valence-electron chi connectivity index (χ4n) is 3.00. The van der Waals surface area contributed by atoms with Gasteiger partial charge in [-0.15, -0.1) is 0 Å². The average Bonchev–Trinajstić information content (AvgIpc) is 2.84. The number of H-pyrrole nitrogens is 1. The zero-order chi connectivity index (χ0) is 18.7. The molecule has 0 spiro atoms. The first-order chi connectivity index (χ1) is 11.8. The number of carbonyl (C=O) groups excluding carboxylic acids is 2. The highest BCUT2D eigenvalue weighted by Gasteiger charge is 2.23. The number of para-hydroxylation sites is 1. The lowest BCUT2D eigenvalue weighted by molar-refractivity contribution is 0.0525. The van der Waals surface area contributed by atoms with E-state index < -0.39 is 5.97 Å². The molecule has 2 rings (SSSR count). The van der Waals surface area contributed by atoms with Gasteiger partial charge in [0.15, 0.2) is 0 Å². The smallest absolute Gasteiger partial charge is 0.340 e. The monoisotopic (exact) mass is 342 g/mol. The summed E-state index contributed by atoms with van der Waals surface area (Å²) in [5.41, 5.74) is 4.97. The maximum atomic E-state index is 12.8. The zero-order valence-electron chi connectivity index (χ0n) is 15.7. The number of benzene rings is 1. The molecule has 25 heavy (non-hydrogen) atoms. The average molecular weight is 342 g/mol. The van der Waals surface area contributed by atoms with E-state index in [9.17, 15) is 9.59 Å². The lowest BCUT2D eigenvalue weighted by Gasteiger charge is -2.16. The standard InChI is InChI=1S/C20H26N2O3/c1-7-25-20(24)16-13(5)18(21-14(16)6)19(23)22-17-12(4)9-8-10-15(17)11(2)3/h8-11,21H,7H2,1-6H3,(H,22,23). The van der Waals surface area contributed by atoms with Crippen LogP contribution in [0.2, 0.25) is 0 Å². The van der Waals surface area contributed by atoms with Crippen molar-refractivity contribution < 1.29 is 14.3 Å². The molecular weight excluding hydrogens is 316 g/mol. The number of rotatable bonds is 5. The van der Waals surface area contributed by atoms with Crippen LogP contribution in [0.4, 0.5) is 5.69 Å². The number of amides is 1. The predicted molar refractivity (Wildman–Crippen MR) is 99.4 cm³/mol. The number of aryl methyl sites for hydroxylation is 2. The third-order valence-corrected chi connectivity index (χ3v) is 4.31. The van der Waals surface area contributed by atoms with E-state index in [1.165, 1.54) is 0 Å². The quantitative estimate of drug-likeness (QED) is 0.786. The van der Waals surface area contributed by atoms with E-state index in [0.717, 1.165) is 16.8 Å². The molecule has 0 aliphatic carbocycles. The third kappa shape index (κ3) is 3.76. The molecule has 0 atom stereocenters. The lowest BCUT2D eigenvalue weighted by atomic mass is 9.98. The number of esters is 1. The molecule has 1 aromatic heterocycles. The Morgan fingerprint density at radius 3 is 2.48 bits per heavy atom. The van der Waals surface area contributed by atoms with Crippen molar-refractivity contribution in [3.63, 3.8) is 0 Å². The van der Waals surface area contributed by atoms with Gasteiger partial charge < -0.3 is 15.0 Å². The highest BCUT2D eigenvalue weighted by atomic mass is 16.5. The highest BCUT2D eigenvalue weighted by molar-refractivity contribution is 6.07. The normalized spacial score (nSPS) is 10.8. The molecule has 2 N–H and O–H groups in total. The number of hydrogen-bond acceptors (Lipinski definition) is 3. The lowest BCUT2D eigenvalue weighted by Crippen LogP contribution is -2.16. The Morgan fingerprint density at radius 1 is 1.20 bits per heavy atom. The van der Waals surface area contributed by atoms with Gasteiger partial charge >= 0.3 is 5.97 Å². The minimum atomic E-state index is -0.411. The summed E-state index contributed by atoms with van der Waals surface area (Å²) < 4.78 is 5.08. The van der Waals surface area contributed by atoms with Gasteiger partial charge in [0, 0.05) is 11.4 Å². The first-order valence-electron chi connectivity index (χ1n) is 8.55. The van der Waals surface area contributed by atoms with Crippen LogP contribution >= 0.6 is 0 Å². The van der Waals surface area contributed by atoms with Gasteiger partial charge in [-0.2, -0.15) is 0 Å². The van der Waals surface area contributed by atoms with Crippen molar-refractivity contribution in [2.24, 2.45) is 0 Å². The van der Waals surface area contributed by atoms with Crippen LogP contribution in [-0.2, 0) is 4.74 Å². The number of hydrogen-bond donors (Lipinski definition) is 2. The number of ether oxygens (including phenoxy) is 1. The van der Waals surface area contributed by atoms with E-state index in [1.54, 1.807) is 20.8 Å². The van der Waals surface area contributed by atoms with Gasteiger partial charge in [0.05, 0.1) is 12.2 Å². The largest absolute Gasteiger partial charge is 0.462 e. The summed E-state index contributed by atoms with van der Waals surface area (Å²) in [6.45, 7) is 11.7. The number of carbonyl (C=O) groups is 2. The minimum absolute atomic E-state index is 0.257. The van der Waals surface area contributed by atoms with Crippen molar-refractivity contribution in [1.82, 2.24) is 4.98 Å². The molecule has 134 valence electrons. The Hall–Kier alpha value is -2.56. The summed E-state index contributed by atoms with van der Waals surface area (Å²) in [5, 5.41) is 3.01. The van der Waals surface area contributed by atoms with Crippen LogP contribution in [0.25, 0.3) is 0 Å². The van der Waals surface area contributed by atoms with Crippen molar-refractivity contribution in [3.05, 3.63) is 51.8 Å². The van der Waals surface area contributed by atoms with Gasteiger partial charge in [0.2, 0.25) is 0 Å². The van der Waals surface area contributed by atoms with E-state index in [4.69, 9.17) is 4.74 Å². The second-order valence-electron chi connectivity index (χ2n) is 6.49. The van der Waals surface area contributed by atoms with Gasteiger partial charge in [0.25, 0.3) is 5.91 Å². The Labute approximate surface area is 148 Å². The summed E-state index contributed by atoms with van der Waals surface area (Å²) >= 11 is 0. The first-order valence-corrected chi connectivity index (χ1v) is 8.55. The molecule has 1 amide bonds. The van der Waals surface area contributed by atoms with Crippen LogP contribution in [0.3, 0.4) is 0 Å². The first kappa shape index (κ1) is 18.8. The second-order valence-corrected chi connectivity index (χ2v) is 6.49. The Balaban J connectivity index is 2.38.